The van der Waals surface area contributed by atoms with Crippen molar-refractivity contribution in [2.24, 2.45) is 5.92 Å². The molecule has 2 nitrogen and oxygen atoms in total. The van der Waals surface area contributed by atoms with Gasteiger partial charge in [0.05, 0.1) is 11.4 Å². The Bertz CT molecular complexity index is 3250. The Hall–Kier alpha value is -7.16. The van der Waals surface area contributed by atoms with Crippen molar-refractivity contribution in [3.63, 3.8) is 0 Å². The van der Waals surface area contributed by atoms with E-state index in [1.165, 1.54) is 82.1 Å². The highest BCUT2D eigenvalue weighted by Gasteiger charge is 2.42. The van der Waals surface area contributed by atoms with Gasteiger partial charge in [-0.2, -0.15) is 0 Å². The van der Waals surface area contributed by atoms with Crippen LogP contribution in [0.4, 0.5) is 0 Å². The third-order valence-electron chi connectivity index (χ3n) is 12.2. The van der Waals surface area contributed by atoms with Crippen LogP contribution in [-0.2, 0) is 0 Å². The van der Waals surface area contributed by atoms with E-state index in [9.17, 15) is 0 Å². The van der Waals surface area contributed by atoms with Crippen LogP contribution >= 0.6 is 0 Å². The van der Waals surface area contributed by atoms with Gasteiger partial charge in [0.25, 0.3) is 0 Å². The first-order chi connectivity index (χ1) is 27.8. The summed E-state index contributed by atoms with van der Waals surface area (Å²) in [5.41, 5.74) is 12.9. The van der Waals surface area contributed by atoms with Gasteiger partial charge in [0.15, 0.2) is 5.82 Å². The van der Waals surface area contributed by atoms with Crippen LogP contribution in [0.15, 0.2) is 200 Å². The molecular weight excluding hydrogens is 677 g/mol. The molecule has 0 aliphatic heterocycles. The van der Waals surface area contributed by atoms with Gasteiger partial charge in [0.1, 0.15) is 0 Å². The molecule has 2 atom stereocenters. The molecule has 9 aromatic rings. The zero-order valence-electron chi connectivity index (χ0n) is 30.5. The van der Waals surface area contributed by atoms with E-state index in [-0.39, 0.29) is 11.8 Å². The second-order valence-corrected chi connectivity index (χ2v) is 15.2. The smallest absolute Gasteiger partial charge is 0.160 e. The molecule has 3 aliphatic rings. The minimum atomic E-state index is 0.169. The molecule has 0 radical (unpaired) electrons. The summed E-state index contributed by atoms with van der Waals surface area (Å²) in [4.78, 5) is 10.9. The zero-order valence-corrected chi connectivity index (χ0v) is 30.5. The first-order valence-corrected chi connectivity index (χ1v) is 19.5. The summed E-state index contributed by atoms with van der Waals surface area (Å²) >= 11 is 0. The molecule has 0 spiro atoms. The summed E-state index contributed by atoms with van der Waals surface area (Å²) in [6.07, 6.45) is 13.5. The van der Waals surface area contributed by atoms with Crippen LogP contribution in [0.1, 0.15) is 17.2 Å². The fraction of sp³-hybridized carbons (Fsp3) is 0.0370. The lowest BCUT2D eigenvalue weighted by Crippen LogP contribution is -2.12. The maximum atomic E-state index is 5.50. The molecule has 56 heavy (non-hydrogen) atoms. The summed E-state index contributed by atoms with van der Waals surface area (Å²) in [5, 5.41) is 9.86. The van der Waals surface area contributed by atoms with Crippen molar-refractivity contribution in [1.82, 2.24) is 9.97 Å². The van der Waals surface area contributed by atoms with E-state index in [1.807, 2.05) is 0 Å². The third-order valence-corrected chi connectivity index (χ3v) is 12.2. The Morgan fingerprint density at radius 1 is 0.411 bits per heavy atom. The molecule has 2 unspecified atom stereocenters. The maximum absolute atomic E-state index is 5.50. The van der Waals surface area contributed by atoms with E-state index in [0.29, 0.717) is 0 Å². The second kappa shape index (κ2) is 12.2. The van der Waals surface area contributed by atoms with Crippen molar-refractivity contribution in [2.75, 3.05) is 0 Å². The molecule has 0 bridgehead atoms. The number of fused-ring (bicyclic) bond motifs is 7. The number of benzene rings is 8. The molecule has 1 aromatic heterocycles. The van der Waals surface area contributed by atoms with Crippen LogP contribution in [0, 0.1) is 5.92 Å². The third kappa shape index (κ3) is 4.69. The standard InChI is InChI=1S/C54H34N2/c1-2-14-36(15-3-1)54-55-52(51-45-22-10-18-35-19-11-23-46(48(35)45)53(51)56-54)41-28-29-44-47(32-41)50(40-27-25-34-13-5-7-17-38(34)31-40)43-21-9-8-20-42(43)49(44)39-26-24-33-12-4-6-16-37(33)30-39/h1-32,46,48H. The van der Waals surface area contributed by atoms with Crippen molar-refractivity contribution in [2.45, 2.75) is 5.92 Å². The molecule has 0 N–H and O–H groups in total. The summed E-state index contributed by atoms with van der Waals surface area (Å²) in [6.45, 7) is 0. The lowest BCUT2D eigenvalue weighted by Gasteiger charge is -2.24. The Morgan fingerprint density at radius 3 is 1.73 bits per heavy atom. The lowest BCUT2D eigenvalue weighted by atomic mass is 9.79. The maximum Gasteiger partial charge on any atom is 0.160 e. The quantitative estimate of drug-likeness (QED) is 0.170. The van der Waals surface area contributed by atoms with E-state index in [2.05, 4.69) is 194 Å². The van der Waals surface area contributed by atoms with E-state index >= 15 is 0 Å². The van der Waals surface area contributed by atoms with Crippen molar-refractivity contribution < 1.29 is 0 Å². The molecule has 12 rings (SSSR count). The zero-order chi connectivity index (χ0) is 36.7. The van der Waals surface area contributed by atoms with Gasteiger partial charge < -0.3 is 0 Å². The minimum Gasteiger partial charge on any atom is -0.232 e. The van der Waals surface area contributed by atoms with Crippen LogP contribution in [0.25, 0.3) is 93.6 Å². The Labute approximate surface area is 325 Å². The molecular formula is C54H34N2. The monoisotopic (exact) mass is 710 g/mol. The Morgan fingerprint density at radius 2 is 1.02 bits per heavy atom. The van der Waals surface area contributed by atoms with Gasteiger partial charge >= 0.3 is 0 Å². The van der Waals surface area contributed by atoms with Crippen LogP contribution in [-0.4, -0.2) is 9.97 Å². The first-order valence-electron chi connectivity index (χ1n) is 19.5. The van der Waals surface area contributed by atoms with Gasteiger partial charge in [-0.1, -0.05) is 176 Å². The summed E-state index contributed by atoms with van der Waals surface area (Å²) in [7, 11) is 0. The number of rotatable bonds is 4. The van der Waals surface area contributed by atoms with Crippen LogP contribution in [0.2, 0.25) is 0 Å². The number of allylic oxidation sites excluding steroid dienone is 8. The number of hydrogen-bond acceptors (Lipinski definition) is 2. The number of hydrogen-bond donors (Lipinski definition) is 0. The van der Waals surface area contributed by atoms with Crippen LogP contribution in [0.3, 0.4) is 0 Å². The van der Waals surface area contributed by atoms with E-state index < -0.39 is 0 Å². The molecule has 0 amide bonds. The van der Waals surface area contributed by atoms with Crippen molar-refractivity contribution >= 4 is 48.7 Å². The van der Waals surface area contributed by atoms with E-state index in [1.54, 1.807) is 0 Å². The minimum absolute atomic E-state index is 0.169. The van der Waals surface area contributed by atoms with Crippen molar-refractivity contribution in [3.8, 4) is 44.9 Å². The number of nitrogens with zero attached hydrogens (tertiary/aromatic N) is 2. The Balaban J connectivity index is 1.19. The predicted octanol–water partition coefficient (Wildman–Crippen LogP) is 13.9. The molecule has 8 aromatic carbocycles. The van der Waals surface area contributed by atoms with Gasteiger partial charge in [-0.3, -0.25) is 0 Å². The number of aromatic nitrogens is 2. The summed E-state index contributed by atoms with van der Waals surface area (Å²) < 4.78 is 0. The fourth-order valence-corrected chi connectivity index (χ4v) is 9.66. The highest BCUT2D eigenvalue weighted by atomic mass is 14.9. The van der Waals surface area contributed by atoms with Gasteiger partial charge in [0, 0.05) is 28.5 Å². The SMILES string of the molecule is C1=CC2=CC=CC3c4nc(-c5ccccc5)nc(-c5ccc6c(-c7ccc8ccccc8c7)c7ccccc7c(-c7ccc8ccccc8c7)c6c5)c4C(=C1)C23. The second-order valence-electron chi connectivity index (χ2n) is 15.2. The molecule has 0 fully saturated rings. The molecule has 260 valence electrons. The normalized spacial score (nSPS) is 16.6. The topological polar surface area (TPSA) is 25.8 Å². The molecule has 3 aliphatic carbocycles. The van der Waals surface area contributed by atoms with Crippen LogP contribution in [0.5, 0.6) is 0 Å². The highest BCUT2D eigenvalue weighted by Crippen LogP contribution is 2.55. The molecule has 2 heteroatoms. The Kier molecular flexibility index (Phi) is 6.79. The lowest BCUT2D eigenvalue weighted by molar-refractivity contribution is 0.704. The van der Waals surface area contributed by atoms with Crippen LogP contribution < -0.4 is 0 Å². The average Bonchev–Trinajstić information content (AvgIpc) is 3.59. The summed E-state index contributed by atoms with van der Waals surface area (Å²) in [6, 6.07) is 57.6. The van der Waals surface area contributed by atoms with Gasteiger partial charge in [-0.25, -0.2) is 9.97 Å². The van der Waals surface area contributed by atoms with Gasteiger partial charge in [0.2, 0.25) is 0 Å². The average molecular weight is 711 g/mol. The fourth-order valence-electron chi connectivity index (χ4n) is 9.66. The van der Waals surface area contributed by atoms with E-state index in [0.717, 1.165) is 28.3 Å². The summed E-state index contributed by atoms with van der Waals surface area (Å²) in [5.74, 6) is 1.18. The predicted molar refractivity (Wildman–Crippen MR) is 234 cm³/mol. The van der Waals surface area contributed by atoms with E-state index in [4.69, 9.17) is 9.97 Å². The van der Waals surface area contributed by atoms with Gasteiger partial charge in [-0.05, 0) is 94.7 Å². The van der Waals surface area contributed by atoms with Gasteiger partial charge in [-0.15, -0.1) is 0 Å². The van der Waals surface area contributed by atoms with Crippen molar-refractivity contribution in [1.29, 1.82) is 0 Å². The van der Waals surface area contributed by atoms with Crippen molar-refractivity contribution in [3.05, 3.63) is 211 Å². The molecule has 0 saturated carbocycles. The molecule has 1 heterocycles. The first kappa shape index (κ1) is 31.2. The molecule has 0 saturated heterocycles. The largest absolute Gasteiger partial charge is 0.232 e. The highest BCUT2D eigenvalue weighted by molar-refractivity contribution is 6.22.